The number of carboxylic acid groups (broad SMARTS) is 1. The SMILES string of the molecule is CCCCC(CC)(C(=O)O)N1CCCCC1. The fourth-order valence-electron chi connectivity index (χ4n) is 2.74. The van der Waals surface area contributed by atoms with Crippen LogP contribution < -0.4 is 0 Å². The maximum Gasteiger partial charge on any atom is 0.324 e. The average Bonchev–Trinajstić information content (AvgIpc) is 2.31. The molecule has 1 aliphatic rings. The monoisotopic (exact) mass is 227 g/mol. The molecule has 0 aliphatic carbocycles. The molecule has 0 spiro atoms. The average molecular weight is 227 g/mol. The number of hydrogen-bond donors (Lipinski definition) is 1. The van der Waals surface area contributed by atoms with E-state index in [-0.39, 0.29) is 0 Å². The molecule has 0 amide bonds. The third-order valence-corrected chi connectivity index (χ3v) is 3.89. The molecule has 94 valence electrons. The van der Waals surface area contributed by atoms with Crippen molar-refractivity contribution in [1.29, 1.82) is 0 Å². The van der Waals surface area contributed by atoms with Crippen LogP contribution >= 0.6 is 0 Å². The molecule has 16 heavy (non-hydrogen) atoms. The molecular weight excluding hydrogens is 202 g/mol. The molecule has 1 fully saturated rings. The third-order valence-electron chi connectivity index (χ3n) is 3.89. The second-order valence-electron chi connectivity index (χ2n) is 4.84. The number of rotatable bonds is 6. The maximum absolute atomic E-state index is 11.6. The Kier molecular flexibility index (Phi) is 5.26. The Morgan fingerprint density at radius 3 is 2.31 bits per heavy atom. The van der Waals surface area contributed by atoms with Crippen molar-refractivity contribution < 1.29 is 9.90 Å². The standard InChI is InChI=1S/C13H25NO2/c1-3-5-9-13(4-2,12(15)16)14-10-7-6-8-11-14/h3-11H2,1-2H3,(H,15,16). The smallest absolute Gasteiger partial charge is 0.324 e. The first-order valence-electron chi connectivity index (χ1n) is 6.66. The third kappa shape index (κ3) is 2.76. The molecule has 1 heterocycles. The molecule has 3 heteroatoms. The number of aliphatic carboxylic acids is 1. The number of piperidine rings is 1. The van der Waals surface area contributed by atoms with Crippen molar-refractivity contribution in [2.45, 2.75) is 64.3 Å². The van der Waals surface area contributed by atoms with Gasteiger partial charge in [-0.15, -0.1) is 0 Å². The van der Waals surface area contributed by atoms with Gasteiger partial charge in [-0.3, -0.25) is 9.69 Å². The van der Waals surface area contributed by atoms with Gasteiger partial charge in [-0.2, -0.15) is 0 Å². The summed E-state index contributed by atoms with van der Waals surface area (Å²) in [4.78, 5) is 13.8. The number of hydrogen-bond acceptors (Lipinski definition) is 2. The molecule has 1 rings (SSSR count). The number of likely N-dealkylation sites (tertiary alicyclic amines) is 1. The van der Waals surface area contributed by atoms with Crippen molar-refractivity contribution in [2.24, 2.45) is 0 Å². The molecule has 3 nitrogen and oxygen atoms in total. The zero-order valence-corrected chi connectivity index (χ0v) is 10.7. The lowest BCUT2D eigenvalue weighted by atomic mass is 9.86. The highest BCUT2D eigenvalue weighted by atomic mass is 16.4. The van der Waals surface area contributed by atoms with Crippen LogP contribution in [0.2, 0.25) is 0 Å². The van der Waals surface area contributed by atoms with Gasteiger partial charge in [-0.1, -0.05) is 33.1 Å². The molecular formula is C13H25NO2. The quantitative estimate of drug-likeness (QED) is 0.758. The highest BCUT2D eigenvalue weighted by molar-refractivity contribution is 5.78. The molecule has 0 aromatic heterocycles. The fraction of sp³-hybridized carbons (Fsp3) is 0.923. The molecule has 1 aliphatic heterocycles. The molecule has 0 aromatic carbocycles. The van der Waals surface area contributed by atoms with Crippen LogP contribution in [0.1, 0.15) is 58.8 Å². The van der Waals surface area contributed by atoms with Crippen molar-refractivity contribution in [1.82, 2.24) is 4.90 Å². The van der Waals surface area contributed by atoms with Gasteiger partial charge in [-0.05, 0) is 38.8 Å². The minimum absolute atomic E-state index is 0.587. The van der Waals surface area contributed by atoms with Crippen molar-refractivity contribution in [3.63, 3.8) is 0 Å². The topological polar surface area (TPSA) is 40.5 Å². The van der Waals surface area contributed by atoms with E-state index < -0.39 is 11.5 Å². The Bertz CT molecular complexity index is 224. The van der Waals surface area contributed by atoms with E-state index in [0.29, 0.717) is 0 Å². The minimum Gasteiger partial charge on any atom is -0.480 e. The molecule has 1 saturated heterocycles. The van der Waals surface area contributed by atoms with E-state index in [1.54, 1.807) is 0 Å². The molecule has 0 saturated carbocycles. The maximum atomic E-state index is 11.6. The number of carboxylic acids is 1. The van der Waals surface area contributed by atoms with Crippen LogP contribution in [0.5, 0.6) is 0 Å². The van der Waals surface area contributed by atoms with E-state index in [9.17, 15) is 9.90 Å². The van der Waals surface area contributed by atoms with Crippen LogP contribution in [-0.4, -0.2) is 34.6 Å². The van der Waals surface area contributed by atoms with Crippen molar-refractivity contribution in [2.75, 3.05) is 13.1 Å². The fourth-order valence-corrected chi connectivity index (χ4v) is 2.74. The van der Waals surface area contributed by atoms with E-state index in [4.69, 9.17) is 0 Å². The molecule has 0 aromatic rings. The molecule has 1 unspecified atom stereocenters. The summed E-state index contributed by atoms with van der Waals surface area (Å²) in [5.41, 5.74) is -0.587. The van der Waals surface area contributed by atoms with Crippen LogP contribution in [0.25, 0.3) is 0 Å². The van der Waals surface area contributed by atoms with Gasteiger partial charge in [0.1, 0.15) is 5.54 Å². The van der Waals surface area contributed by atoms with Crippen LogP contribution in [-0.2, 0) is 4.79 Å². The zero-order valence-electron chi connectivity index (χ0n) is 10.7. The largest absolute Gasteiger partial charge is 0.480 e. The summed E-state index contributed by atoms with van der Waals surface area (Å²) in [6.45, 7) is 6.06. The van der Waals surface area contributed by atoms with Crippen molar-refractivity contribution >= 4 is 5.97 Å². The lowest BCUT2D eigenvalue weighted by Gasteiger charge is -2.42. The highest BCUT2D eigenvalue weighted by Gasteiger charge is 2.42. The first-order chi connectivity index (χ1) is 7.67. The lowest BCUT2D eigenvalue weighted by molar-refractivity contribution is -0.153. The Balaban J connectivity index is 2.77. The molecule has 0 radical (unpaired) electrons. The molecule has 1 N–H and O–H groups in total. The van der Waals surface area contributed by atoms with Gasteiger partial charge in [0.15, 0.2) is 0 Å². The summed E-state index contributed by atoms with van der Waals surface area (Å²) in [7, 11) is 0. The van der Waals surface area contributed by atoms with E-state index >= 15 is 0 Å². The van der Waals surface area contributed by atoms with Gasteiger partial charge in [0.05, 0.1) is 0 Å². The summed E-state index contributed by atoms with van der Waals surface area (Å²) in [5, 5.41) is 9.56. The van der Waals surface area contributed by atoms with Gasteiger partial charge >= 0.3 is 5.97 Å². The van der Waals surface area contributed by atoms with Gasteiger partial charge < -0.3 is 5.11 Å². The van der Waals surface area contributed by atoms with Gasteiger partial charge in [0, 0.05) is 0 Å². The zero-order chi connectivity index (χ0) is 12.0. The van der Waals surface area contributed by atoms with E-state index in [2.05, 4.69) is 11.8 Å². The Morgan fingerprint density at radius 1 is 1.25 bits per heavy atom. The number of unbranched alkanes of at least 4 members (excludes halogenated alkanes) is 1. The van der Waals surface area contributed by atoms with Crippen LogP contribution in [0, 0.1) is 0 Å². The Hall–Kier alpha value is -0.570. The minimum atomic E-state index is -0.620. The number of nitrogens with zero attached hydrogens (tertiary/aromatic N) is 1. The van der Waals surface area contributed by atoms with Crippen LogP contribution in [0.3, 0.4) is 0 Å². The summed E-state index contributed by atoms with van der Waals surface area (Å²) < 4.78 is 0. The second-order valence-corrected chi connectivity index (χ2v) is 4.84. The summed E-state index contributed by atoms with van der Waals surface area (Å²) in [6, 6.07) is 0. The predicted molar refractivity (Wildman–Crippen MR) is 65.6 cm³/mol. The van der Waals surface area contributed by atoms with Crippen LogP contribution in [0.15, 0.2) is 0 Å². The summed E-state index contributed by atoms with van der Waals surface area (Å²) >= 11 is 0. The Labute approximate surface area is 98.8 Å². The summed E-state index contributed by atoms with van der Waals surface area (Å²) in [6.07, 6.45) is 7.17. The predicted octanol–water partition coefficient (Wildman–Crippen LogP) is 2.90. The Morgan fingerprint density at radius 2 is 1.88 bits per heavy atom. The van der Waals surface area contributed by atoms with Crippen molar-refractivity contribution in [3.05, 3.63) is 0 Å². The van der Waals surface area contributed by atoms with E-state index in [0.717, 1.165) is 51.6 Å². The molecule has 1 atom stereocenters. The van der Waals surface area contributed by atoms with Gasteiger partial charge in [0.25, 0.3) is 0 Å². The highest BCUT2D eigenvalue weighted by Crippen LogP contribution is 2.29. The lowest BCUT2D eigenvalue weighted by Crippen LogP contribution is -2.56. The second kappa shape index (κ2) is 6.24. The summed E-state index contributed by atoms with van der Waals surface area (Å²) in [5.74, 6) is -0.620. The van der Waals surface area contributed by atoms with Crippen molar-refractivity contribution in [3.8, 4) is 0 Å². The van der Waals surface area contributed by atoms with E-state index in [1.807, 2.05) is 6.92 Å². The first-order valence-corrected chi connectivity index (χ1v) is 6.66. The van der Waals surface area contributed by atoms with Crippen LogP contribution in [0.4, 0.5) is 0 Å². The first kappa shape index (κ1) is 13.5. The van der Waals surface area contributed by atoms with Gasteiger partial charge in [0.2, 0.25) is 0 Å². The molecule has 0 bridgehead atoms. The number of carbonyl (C=O) groups is 1. The van der Waals surface area contributed by atoms with E-state index in [1.165, 1.54) is 6.42 Å². The van der Waals surface area contributed by atoms with Gasteiger partial charge in [-0.25, -0.2) is 0 Å². The normalized spacial score (nSPS) is 21.6.